The van der Waals surface area contributed by atoms with E-state index in [1.165, 1.54) is 0 Å². The van der Waals surface area contributed by atoms with E-state index < -0.39 is 30.7 Å². The van der Waals surface area contributed by atoms with Crippen LogP contribution in [0.2, 0.25) is 0 Å². The van der Waals surface area contributed by atoms with Gasteiger partial charge < -0.3 is 29.9 Å². The van der Waals surface area contributed by atoms with Crippen molar-refractivity contribution in [2.24, 2.45) is 0 Å². The van der Waals surface area contributed by atoms with Crippen molar-refractivity contribution >= 4 is 0 Å². The van der Waals surface area contributed by atoms with Crippen molar-refractivity contribution in [1.29, 1.82) is 0 Å². The molecule has 6 atom stereocenters. The molecule has 0 aliphatic carbocycles. The molecular weight excluding hydrogens is 288 g/mol. The van der Waals surface area contributed by atoms with E-state index >= 15 is 0 Å². The van der Waals surface area contributed by atoms with E-state index in [-0.39, 0.29) is 11.9 Å². The lowest BCUT2D eigenvalue weighted by Gasteiger charge is -2.39. The fourth-order valence-electron chi connectivity index (χ4n) is 2.46. The third-order valence-electron chi connectivity index (χ3n) is 3.95. The van der Waals surface area contributed by atoms with Crippen LogP contribution in [-0.2, 0) is 15.9 Å². The molecule has 22 heavy (non-hydrogen) atoms. The molecule has 6 nitrogen and oxygen atoms in total. The molecule has 1 saturated heterocycles. The lowest BCUT2D eigenvalue weighted by molar-refractivity contribution is -0.302. The highest BCUT2D eigenvalue weighted by Gasteiger charge is 2.42. The Hall–Kier alpha value is -1.18. The number of hydrogen-bond donors (Lipinski definition) is 4. The summed E-state index contributed by atoms with van der Waals surface area (Å²) in [5.41, 5.74) is 1.07. The summed E-state index contributed by atoms with van der Waals surface area (Å²) in [5.74, 6) is 0.230. The van der Waals surface area contributed by atoms with Gasteiger partial charge in [-0.3, -0.25) is 0 Å². The van der Waals surface area contributed by atoms with Gasteiger partial charge in [-0.1, -0.05) is 12.1 Å². The molecule has 4 N–H and O–H groups in total. The van der Waals surface area contributed by atoms with Gasteiger partial charge in [-0.2, -0.15) is 0 Å². The summed E-state index contributed by atoms with van der Waals surface area (Å²) >= 11 is 0. The molecule has 0 aromatic heterocycles. The zero-order valence-electron chi connectivity index (χ0n) is 12.8. The fourth-order valence-corrected chi connectivity index (χ4v) is 2.46. The van der Waals surface area contributed by atoms with Crippen molar-refractivity contribution in [3.05, 3.63) is 29.8 Å². The van der Waals surface area contributed by atoms with Crippen LogP contribution in [0.25, 0.3) is 0 Å². The maximum absolute atomic E-state index is 9.90. The monoisotopic (exact) mass is 312 g/mol. The molecule has 2 rings (SSSR count). The van der Waals surface area contributed by atoms with Gasteiger partial charge >= 0.3 is 0 Å². The van der Waals surface area contributed by atoms with Crippen molar-refractivity contribution in [2.75, 3.05) is 0 Å². The van der Waals surface area contributed by atoms with Crippen LogP contribution in [0.15, 0.2) is 24.3 Å². The molecule has 1 aliphatic rings. The second kappa shape index (κ2) is 7.39. The lowest BCUT2D eigenvalue weighted by Crippen LogP contribution is -2.57. The van der Waals surface area contributed by atoms with Gasteiger partial charge in [0.1, 0.15) is 24.1 Å². The highest BCUT2D eigenvalue weighted by molar-refractivity contribution is 5.25. The minimum Gasteiger partial charge on any atom is -0.508 e. The first-order valence-corrected chi connectivity index (χ1v) is 7.51. The van der Waals surface area contributed by atoms with Crippen molar-refractivity contribution < 1.29 is 29.9 Å². The smallest absolute Gasteiger partial charge is 0.186 e. The van der Waals surface area contributed by atoms with Gasteiger partial charge in [0, 0.05) is 0 Å². The number of aliphatic hydroxyl groups excluding tert-OH is 3. The Balaban J connectivity index is 1.83. The summed E-state index contributed by atoms with van der Waals surface area (Å²) < 4.78 is 11.0. The van der Waals surface area contributed by atoms with Gasteiger partial charge in [0.2, 0.25) is 0 Å². The number of rotatable bonds is 5. The predicted molar refractivity (Wildman–Crippen MR) is 79.3 cm³/mol. The SMILES string of the molecule is CC(CCc1ccc(O)cc1)OC1OC(C)C(O)C(O)C1O. The van der Waals surface area contributed by atoms with Crippen molar-refractivity contribution in [2.45, 2.75) is 63.5 Å². The van der Waals surface area contributed by atoms with E-state index in [4.69, 9.17) is 9.47 Å². The summed E-state index contributed by atoms with van der Waals surface area (Å²) in [7, 11) is 0. The molecule has 0 amide bonds. The molecule has 0 spiro atoms. The van der Waals surface area contributed by atoms with E-state index in [0.29, 0.717) is 6.42 Å². The van der Waals surface area contributed by atoms with E-state index in [1.54, 1.807) is 19.1 Å². The van der Waals surface area contributed by atoms with Crippen molar-refractivity contribution in [3.63, 3.8) is 0 Å². The van der Waals surface area contributed by atoms with E-state index in [2.05, 4.69) is 0 Å². The lowest BCUT2D eigenvalue weighted by atomic mass is 10.00. The molecule has 1 heterocycles. The number of phenols is 1. The summed E-state index contributed by atoms with van der Waals surface area (Å²) in [4.78, 5) is 0. The Kier molecular flexibility index (Phi) is 5.77. The summed E-state index contributed by atoms with van der Waals surface area (Å²) in [5, 5.41) is 38.5. The van der Waals surface area contributed by atoms with Crippen LogP contribution in [-0.4, -0.2) is 57.2 Å². The number of hydrogen-bond acceptors (Lipinski definition) is 6. The average molecular weight is 312 g/mol. The molecule has 6 heteroatoms. The predicted octanol–water partition coefficient (Wildman–Crippen LogP) is 0.557. The topological polar surface area (TPSA) is 99.4 Å². The van der Waals surface area contributed by atoms with Crippen LogP contribution in [0.3, 0.4) is 0 Å². The third kappa shape index (κ3) is 4.18. The Morgan fingerprint density at radius 1 is 1.09 bits per heavy atom. The minimum absolute atomic E-state index is 0.192. The van der Waals surface area contributed by atoms with Crippen molar-refractivity contribution in [3.8, 4) is 5.75 Å². The Morgan fingerprint density at radius 3 is 2.36 bits per heavy atom. The minimum atomic E-state index is -1.28. The molecule has 6 unspecified atom stereocenters. The van der Waals surface area contributed by atoms with Crippen LogP contribution >= 0.6 is 0 Å². The number of phenolic OH excluding ortho intramolecular Hbond substituents is 1. The Labute approximate surface area is 129 Å². The number of aromatic hydroxyl groups is 1. The van der Waals surface area contributed by atoms with Crippen LogP contribution < -0.4 is 0 Å². The highest BCUT2D eigenvalue weighted by atomic mass is 16.7. The zero-order valence-corrected chi connectivity index (χ0v) is 12.8. The molecule has 1 aromatic carbocycles. The van der Waals surface area contributed by atoms with Crippen LogP contribution in [0.4, 0.5) is 0 Å². The second-order valence-corrected chi connectivity index (χ2v) is 5.83. The number of aliphatic hydroxyl groups is 3. The van der Waals surface area contributed by atoms with Gasteiger partial charge in [0.25, 0.3) is 0 Å². The van der Waals surface area contributed by atoms with Gasteiger partial charge in [0.05, 0.1) is 12.2 Å². The Bertz CT molecular complexity index is 462. The average Bonchev–Trinajstić information content (AvgIpc) is 2.50. The molecule has 0 radical (unpaired) electrons. The quantitative estimate of drug-likeness (QED) is 0.634. The number of aryl methyl sites for hydroxylation is 1. The van der Waals surface area contributed by atoms with Crippen LogP contribution in [0.1, 0.15) is 25.8 Å². The fraction of sp³-hybridized carbons (Fsp3) is 0.625. The Morgan fingerprint density at radius 2 is 1.73 bits per heavy atom. The third-order valence-corrected chi connectivity index (χ3v) is 3.95. The van der Waals surface area contributed by atoms with Gasteiger partial charge in [-0.25, -0.2) is 0 Å². The molecule has 1 fully saturated rings. The second-order valence-electron chi connectivity index (χ2n) is 5.83. The summed E-state index contributed by atoms with van der Waals surface area (Å²) in [6.07, 6.45) is -3.98. The van der Waals surface area contributed by atoms with E-state index in [1.807, 2.05) is 19.1 Å². The number of ether oxygens (including phenoxy) is 2. The van der Waals surface area contributed by atoms with E-state index in [9.17, 15) is 20.4 Å². The highest BCUT2D eigenvalue weighted by Crippen LogP contribution is 2.23. The molecule has 0 saturated carbocycles. The van der Waals surface area contributed by atoms with Crippen LogP contribution in [0, 0.1) is 0 Å². The standard InChI is InChI=1S/C16H24O6/c1-9(3-4-11-5-7-12(17)8-6-11)21-16-15(20)14(19)13(18)10(2)22-16/h5-10,13-20H,3-4H2,1-2H3. The molecule has 124 valence electrons. The first kappa shape index (κ1) is 17.2. The zero-order chi connectivity index (χ0) is 16.3. The van der Waals surface area contributed by atoms with Crippen LogP contribution in [0.5, 0.6) is 5.75 Å². The van der Waals surface area contributed by atoms with Gasteiger partial charge in [-0.15, -0.1) is 0 Å². The maximum Gasteiger partial charge on any atom is 0.186 e. The largest absolute Gasteiger partial charge is 0.508 e. The van der Waals surface area contributed by atoms with Gasteiger partial charge in [-0.05, 0) is 44.4 Å². The van der Waals surface area contributed by atoms with E-state index in [0.717, 1.165) is 12.0 Å². The first-order valence-electron chi connectivity index (χ1n) is 7.51. The maximum atomic E-state index is 9.90. The normalized spacial score (nSPS) is 33.6. The first-order chi connectivity index (χ1) is 10.4. The summed E-state index contributed by atoms with van der Waals surface area (Å²) in [6.45, 7) is 3.48. The molecular formula is C16H24O6. The molecule has 0 bridgehead atoms. The summed E-state index contributed by atoms with van der Waals surface area (Å²) in [6, 6.07) is 6.95. The van der Waals surface area contributed by atoms with Gasteiger partial charge in [0.15, 0.2) is 6.29 Å². The number of benzene rings is 1. The van der Waals surface area contributed by atoms with Crippen molar-refractivity contribution in [1.82, 2.24) is 0 Å². The molecule has 1 aromatic rings. The molecule has 1 aliphatic heterocycles.